The van der Waals surface area contributed by atoms with E-state index in [4.69, 9.17) is 0 Å². The van der Waals surface area contributed by atoms with E-state index in [0.717, 1.165) is 38.8 Å². The van der Waals surface area contributed by atoms with Crippen LogP contribution in [0.1, 0.15) is 12.0 Å². The smallest absolute Gasteiger partial charge is 0.240 e. The van der Waals surface area contributed by atoms with Crippen LogP contribution in [0.3, 0.4) is 0 Å². The number of hydrogen-bond acceptors (Lipinski definition) is 4. The van der Waals surface area contributed by atoms with Crippen LogP contribution >= 0.6 is 0 Å². The van der Waals surface area contributed by atoms with Gasteiger partial charge in [-0.25, -0.2) is 21.9 Å². The van der Waals surface area contributed by atoms with E-state index in [9.17, 15) is 17.2 Å². The van der Waals surface area contributed by atoms with E-state index in [2.05, 4.69) is 9.62 Å². The van der Waals surface area contributed by atoms with Crippen LogP contribution in [0.5, 0.6) is 0 Å². The Bertz CT molecular complexity index is 913. The third kappa shape index (κ3) is 5.06. The minimum Gasteiger partial charge on any atom is -0.367 e. The van der Waals surface area contributed by atoms with Gasteiger partial charge >= 0.3 is 0 Å². The number of rotatable bonds is 7. The summed E-state index contributed by atoms with van der Waals surface area (Å²) in [5, 5.41) is 0. The molecule has 1 saturated heterocycles. The number of anilines is 1. The lowest BCUT2D eigenvalue weighted by molar-refractivity contribution is 0.255. The molecule has 0 radical (unpaired) electrons. The van der Waals surface area contributed by atoms with Crippen molar-refractivity contribution < 1.29 is 17.2 Å². The standard InChI is InChI=1S/C20H25F2N3O2S/c1-16-7-8-17(21)15-20(16)28(26,27)23-9-4-10-24-11-13-25(14-12-24)19-6-3-2-5-18(19)22/h2-3,5-8,15,23H,4,9-14H2,1H3. The molecule has 0 unspecified atom stereocenters. The second-order valence-corrected chi connectivity index (χ2v) is 8.68. The zero-order valence-electron chi connectivity index (χ0n) is 15.9. The average Bonchev–Trinajstić information content (AvgIpc) is 2.68. The molecule has 0 bridgehead atoms. The third-order valence-electron chi connectivity index (χ3n) is 4.95. The Morgan fingerprint density at radius 1 is 1.04 bits per heavy atom. The monoisotopic (exact) mass is 409 g/mol. The molecule has 3 rings (SSSR count). The van der Waals surface area contributed by atoms with E-state index in [1.54, 1.807) is 19.1 Å². The maximum Gasteiger partial charge on any atom is 0.240 e. The molecule has 1 fully saturated rings. The molecule has 28 heavy (non-hydrogen) atoms. The fraction of sp³-hybridized carbons (Fsp3) is 0.400. The first-order valence-electron chi connectivity index (χ1n) is 9.34. The van der Waals surface area contributed by atoms with Gasteiger partial charge in [0, 0.05) is 32.7 Å². The molecule has 0 atom stereocenters. The van der Waals surface area contributed by atoms with E-state index in [1.165, 1.54) is 18.2 Å². The lowest BCUT2D eigenvalue weighted by atomic mass is 10.2. The topological polar surface area (TPSA) is 52.7 Å². The molecular formula is C20H25F2N3O2S. The predicted octanol–water partition coefficient (Wildman–Crippen LogP) is 2.76. The zero-order chi connectivity index (χ0) is 20.1. The fourth-order valence-corrected chi connectivity index (χ4v) is 4.70. The summed E-state index contributed by atoms with van der Waals surface area (Å²) in [4.78, 5) is 4.24. The van der Waals surface area contributed by atoms with Crippen LogP contribution in [0.2, 0.25) is 0 Å². The second kappa shape index (κ2) is 8.98. The molecular weight excluding hydrogens is 384 g/mol. The summed E-state index contributed by atoms with van der Waals surface area (Å²) in [6.45, 7) is 5.73. The first kappa shape index (κ1) is 20.7. The largest absolute Gasteiger partial charge is 0.367 e. The number of nitrogens with zero attached hydrogens (tertiary/aromatic N) is 2. The van der Waals surface area contributed by atoms with Gasteiger partial charge in [-0.05, 0) is 49.7 Å². The Morgan fingerprint density at radius 2 is 1.75 bits per heavy atom. The van der Waals surface area contributed by atoms with Gasteiger partial charge < -0.3 is 4.90 Å². The molecule has 1 heterocycles. The summed E-state index contributed by atoms with van der Waals surface area (Å²) < 4.78 is 54.5. The van der Waals surface area contributed by atoms with Gasteiger partial charge in [0.15, 0.2) is 0 Å². The van der Waals surface area contributed by atoms with E-state index < -0.39 is 15.8 Å². The molecule has 1 aliphatic heterocycles. The van der Waals surface area contributed by atoms with Crippen molar-refractivity contribution in [1.82, 2.24) is 9.62 Å². The minimum atomic E-state index is -3.72. The van der Waals surface area contributed by atoms with Crippen molar-refractivity contribution in [2.24, 2.45) is 0 Å². The summed E-state index contributed by atoms with van der Waals surface area (Å²) >= 11 is 0. The fourth-order valence-electron chi connectivity index (χ4n) is 3.37. The van der Waals surface area contributed by atoms with Gasteiger partial charge in [-0.2, -0.15) is 0 Å². The number of para-hydroxylation sites is 1. The summed E-state index contributed by atoms with van der Waals surface area (Å²) in [6.07, 6.45) is 0.646. The molecule has 0 saturated carbocycles. The minimum absolute atomic E-state index is 0.0222. The van der Waals surface area contributed by atoms with Crippen LogP contribution < -0.4 is 9.62 Å². The van der Waals surface area contributed by atoms with Crippen molar-refractivity contribution in [3.8, 4) is 0 Å². The van der Waals surface area contributed by atoms with Crippen molar-refractivity contribution in [2.75, 3.05) is 44.2 Å². The number of sulfonamides is 1. The summed E-state index contributed by atoms with van der Waals surface area (Å²) in [7, 11) is -3.72. The van der Waals surface area contributed by atoms with Crippen molar-refractivity contribution >= 4 is 15.7 Å². The second-order valence-electron chi connectivity index (χ2n) is 6.94. The molecule has 0 spiro atoms. The summed E-state index contributed by atoms with van der Waals surface area (Å²) in [5.41, 5.74) is 1.14. The maximum absolute atomic E-state index is 13.9. The zero-order valence-corrected chi connectivity index (χ0v) is 16.7. The van der Waals surface area contributed by atoms with E-state index in [1.807, 2.05) is 11.0 Å². The Kier molecular flexibility index (Phi) is 6.64. The van der Waals surface area contributed by atoms with E-state index in [-0.39, 0.29) is 17.3 Å². The predicted molar refractivity (Wildman–Crippen MR) is 106 cm³/mol. The van der Waals surface area contributed by atoms with Gasteiger partial charge in [0.2, 0.25) is 10.0 Å². The lowest BCUT2D eigenvalue weighted by Gasteiger charge is -2.36. The molecule has 0 aliphatic carbocycles. The molecule has 152 valence electrons. The number of benzene rings is 2. The molecule has 0 aromatic heterocycles. The Labute approximate surface area is 165 Å². The Hall–Kier alpha value is -2.03. The van der Waals surface area contributed by atoms with Gasteiger partial charge in [0.1, 0.15) is 11.6 Å². The number of nitrogens with one attached hydrogen (secondary N) is 1. The SMILES string of the molecule is Cc1ccc(F)cc1S(=O)(=O)NCCCN1CCN(c2ccccc2F)CC1. The summed E-state index contributed by atoms with van der Waals surface area (Å²) in [6, 6.07) is 10.5. The Balaban J connectivity index is 1.44. The van der Waals surface area contributed by atoms with Gasteiger partial charge in [0.05, 0.1) is 10.6 Å². The van der Waals surface area contributed by atoms with E-state index >= 15 is 0 Å². The van der Waals surface area contributed by atoms with Crippen molar-refractivity contribution in [3.63, 3.8) is 0 Å². The van der Waals surface area contributed by atoms with Crippen molar-refractivity contribution in [2.45, 2.75) is 18.2 Å². The van der Waals surface area contributed by atoms with Gasteiger partial charge in [-0.15, -0.1) is 0 Å². The Morgan fingerprint density at radius 3 is 2.46 bits per heavy atom. The normalized spacial score (nSPS) is 15.8. The number of piperazine rings is 1. The molecule has 1 aliphatic rings. The van der Waals surface area contributed by atoms with Gasteiger partial charge in [0.25, 0.3) is 0 Å². The number of hydrogen-bond donors (Lipinski definition) is 1. The van der Waals surface area contributed by atoms with Crippen molar-refractivity contribution in [1.29, 1.82) is 0 Å². The highest BCUT2D eigenvalue weighted by Gasteiger charge is 2.20. The maximum atomic E-state index is 13.9. The quantitative estimate of drug-likeness (QED) is 0.715. The third-order valence-corrected chi connectivity index (χ3v) is 6.55. The van der Waals surface area contributed by atoms with Crippen LogP contribution in [0, 0.1) is 18.6 Å². The number of halogens is 2. The summed E-state index contributed by atoms with van der Waals surface area (Å²) in [5.74, 6) is -0.781. The molecule has 1 N–H and O–H groups in total. The van der Waals surface area contributed by atoms with Gasteiger partial charge in [-0.1, -0.05) is 18.2 Å². The molecule has 2 aromatic rings. The highest BCUT2D eigenvalue weighted by molar-refractivity contribution is 7.89. The van der Waals surface area contributed by atoms with Crippen LogP contribution in [0.4, 0.5) is 14.5 Å². The van der Waals surface area contributed by atoms with E-state index in [0.29, 0.717) is 17.7 Å². The highest BCUT2D eigenvalue weighted by atomic mass is 32.2. The van der Waals surface area contributed by atoms with Crippen LogP contribution in [0.25, 0.3) is 0 Å². The van der Waals surface area contributed by atoms with Gasteiger partial charge in [-0.3, -0.25) is 4.90 Å². The molecule has 5 nitrogen and oxygen atoms in total. The molecule has 0 amide bonds. The lowest BCUT2D eigenvalue weighted by Crippen LogP contribution is -2.47. The molecule has 8 heteroatoms. The highest BCUT2D eigenvalue weighted by Crippen LogP contribution is 2.20. The number of aryl methyl sites for hydroxylation is 1. The van der Waals surface area contributed by atoms with Crippen LogP contribution in [0.15, 0.2) is 47.4 Å². The van der Waals surface area contributed by atoms with Crippen molar-refractivity contribution in [3.05, 3.63) is 59.7 Å². The first-order chi connectivity index (χ1) is 13.4. The molecule has 2 aromatic carbocycles. The van der Waals surface area contributed by atoms with Crippen LogP contribution in [-0.2, 0) is 10.0 Å². The first-order valence-corrected chi connectivity index (χ1v) is 10.8. The van der Waals surface area contributed by atoms with Crippen LogP contribution in [-0.4, -0.2) is 52.6 Å². The average molecular weight is 410 g/mol.